The van der Waals surface area contributed by atoms with Crippen molar-refractivity contribution >= 4 is 33.0 Å². The number of nitrogen functional groups attached to an aromatic ring is 1. The van der Waals surface area contributed by atoms with E-state index in [0.717, 1.165) is 6.26 Å². The van der Waals surface area contributed by atoms with Crippen LogP contribution in [-0.2, 0) is 10.0 Å². The lowest BCUT2D eigenvalue weighted by molar-refractivity contribution is 0.607. The van der Waals surface area contributed by atoms with Crippen molar-refractivity contribution in [1.82, 2.24) is 0 Å². The largest absolute Gasteiger partial charge is 0.397 e. The molecule has 0 aliphatic carbocycles. The van der Waals surface area contributed by atoms with E-state index in [9.17, 15) is 8.42 Å². The molecule has 1 rings (SSSR count). The van der Waals surface area contributed by atoms with E-state index >= 15 is 0 Å². The van der Waals surface area contributed by atoms with Gasteiger partial charge >= 0.3 is 0 Å². The zero-order valence-corrected chi connectivity index (χ0v) is 8.48. The number of nitrogens with two attached hydrogens (primary N) is 1. The maximum absolute atomic E-state index is 10.8. The molecule has 72 valence electrons. The maximum atomic E-state index is 10.8. The summed E-state index contributed by atoms with van der Waals surface area (Å²) in [5.74, 6) is 0. The van der Waals surface area contributed by atoms with Gasteiger partial charge in [-0.05, 0) is 18.2 Å². The van der Waals surface area contributed by atoms with Crippen LogP contribution in [0.2, 0.25) is 5.02 Å². The average Bonchev–Trinajstić information content (AvgIpc) is 1.93. The van der Waals surface area contributed by atoms with E-state index in [-0.39, 0.29) is 0 Å². The van der Waals surface area contributed by atoms with Crippen LogP contribution in [-0.4, -0.2) is 14.7 Å². The minimum Gasteiger partial charge on any atom is -0.397 e. The molecule has 0 amide bonds. The lowest BCUT2D eigenvalue weighted by atomic mass is 10.3. The van der Waals surface area contributed by atoms with E-state index in [4.69, 9.17) is 17.3 Å². The normalized spacial score (nSPS) is 11.2. The fraction of sp³-hybridized carbons (Fsp3) is 0.143. The van der Waals surface area contributed by atoms with Crippen molar-refractivity contribution in [3.63, 3.8) is 0 Å². The van der Waals surface area contributed by atoms with Crippen LogP contribution in [0.1, 0.15) is 0 Å². The summed E-state index contributed by atoms with van der Waals surface area (Å²) in [6, 6.07) is 4.55. The first kappa shape index (κ1) is 10.1. The molecule has 0 spiro atoms. The number of rotatable bonds is 2. The summed E-state index contributed by atoms with van der Waals surface area (Å²) >= 11 is 5.63. The van der Waals surface area contributed by atoms with Gasteiger partial charge in [-0.15, -0.1) is 0 Å². The van der Waals surface area contributed by atoms with Gasteiger partial charge in [-0.1, -0.05) is 11.6 Å². The minimum atomic E-state index is -3.29. The van der Waals surface area contributed by atoms with Crippen LogP contribution >= 0.6 is 11.6 Å². The van der Waals surface area contributed by atoms with Crippen LogP contribution in [0.5, 0.6) is 0 Å². The molecule has 0 saturated carbocycles. The van der Waals surface area contributed by atoms with E-state index in [1.54, 1.807) is 6.07 Å². The number of halogens is 1. The van der Waals surface area contributed by atoms with E-state index < -0.39 is 10.0 Å². The Morgan fingerprint density at radius 3 is 2.54 bits per heavy atom. The Hall–Kier alpha value is -0.940. The Bertz CT molecular complexity index is 417. The summed E-state index contributed by atoms with van der Waals surface area (Å²) in [6.07, 6.45) is 1.06. The number of hydrogen-bond donors (Lipinski definition) is 2. The Morgan fingerprint density at radius 2 is 2.08 bits per heavy atom. The minimum absolute atomic E-state index is 0.304. The molecule has 0 aromatic heterocycles. The molecule has 0 aliphatic heterocycles. The highest BCUT2D eigenvalue weighted by Crippen LogP contribution is 2.23. The summed E-state index contributed by atoms with van der Waals surface area (Å²) in [5, 5.41) is 0.469. The molecule has 0 bridgehead atoms. The molecule has 13 heavy (non-hydrogen) atoms. The highest BCUT2D eigenvalue weighted by atomic mass is 35.5. The Balaban J connectivity index is 3.04. The zero-order valence-electron chi connectivity index (χ0n) is 6.91. The highest BCUT2D eigenvalue weighted by Gasteiger charge is 2.04. The van der Waals surface area contributed by atoms with Gasteiger partial charge in [0, 0.05) is 5.02 Å². The quantitative estimate of drug-likeness (QED) is 0.738. The smallest absolute Gasteiger partial charge is 0.229 e. The van der Waals surface area contributed by atoms with Crippen molar-refractivity contribution in [2.24, 2.45) is 0 Å². The third kappa shape index (κ3) is 3.12. The second kappa shape index (κ2) is 3.43. The molecule has 0 radical (unpaired) electrons. The van der Waals surface area contributed by atoms with Gasteiger partial charge in [-0.25, -0.2) is 8.42 Å². The molecule has 0 aliphatic rings. The molecule has 0 saturated heterocycles. The van der Waals surface area contributed by atoms with Gasteiger partial charge in [-0.2, -0.15) is 0 Å². The van der Waals surface area contributed by atoms with Crippen LogP contribution in [0, 0.1) is 0 Å². The second-order valence-electron chi connectivity index (χ2n) is 2.61. The van der Waals surface area contributed by atoms with E-state index in [0.29, 0.717) is 16.4 Å². The van der Waals surface area contributed by atoms with Crippen molar-refractivity contribution in [3.8, 4) is 0 Å². The van der Waals surface area contributed by atoms with Crippen molar-refractivity contribution in [2.45, 2.75) is 0 Å². The maximum Gasteiger partial charge on any atom is 0.229 e. The molecule has 1 aromatic carbocycles. The molecule has 1 aromatic rings. The molecule has 0 heterocycles. The van der Waals surface area contributed by atoms with E-state index in [1.165, 1.54) is 12.1 Å². The molecule has 6 heteroatoms. The fourth-order valence-electron chi connectivity index (χ4n) is 0.826. The number of hydrogen-bond acceptors (Lipinski definition) is 3. The first-order valence-electron chi connectivity index (χ1n) is 3.41. The van der Waals surface area contributed by atoms with Crippen molar-refractivity contribution in [2.75, 3.05) is 16.7 Å². The molecule has 4 nitrogen and oxygen atoms in total. The van der Waals surface area contributed by atoms with Gasteiger partial charge in [0.2, 0.25) is 10.0 Å². The lowest BCUT2D eigenvalue weighted by Gasteiger charge is -2.06. The summed E-state index contributed by atoms with van der Waals surface area (Å²) < 4.78 is 23.9. The third-order valence-electron chi connectivity index (χ3n) is 1.31. The van der Waals surface area contributed by atoms with Crippen molar-refractivity contribution in [1.29, 1.82) is 0 Å². The summed E-state index contributed by atoms with van der Waals surface area (Å²) in [6.45, 7) is 0. The van der Waals surface area contributed by atoms with Gasteiger partial charge in [0.15, 0.2) is 0 Å². The Morgan fingerprint density at radius 1 is 1.46 bits per heavy atom. The molecule has 3 N–H and O–H groups in total. The topological polar surface area (TPSA) is 72.2 Å². The van der Waals surface area contributed by atoms with Crippen molar-refractivity contribution in [3.05, 3.63) is 23.2 Å². The fourth-order valence-corrected chi connectivity index (χ4v) is 1.59. The third-order valence-corrected chi connectivity index (χ3v) is 2.13. The van der Waals surface area contributed by atoms with Crippen LogP contribution in [0.3, 0.4) is 0 Å². The zero-order chi connectivity index (χ0) is 10.1. The number of anilines is 2. The number of benzene rings is 1. The van der Waals surface area contributed by atoms with Crippen LogP contribution in [0.15, 0.2) is 18.2 Å². The standard InChI is InChI=1S/C7H9ClN2O2S/c1-13(11,12)10-7-3-2-5(8)4-6(7)9/h2-4,10H,9H2,1H3. The van der Waals surface area contributed by atoms with Crippen molar-refractivity contribution < 1.29 is 8.42 Å². The molecular weight excluding hydrogens is 212 g/mol. The van der Waals surface area contributed by atoms with Crippen LogP contribution in [0.4, 0.5) is 11.4 Å². The number of sulfonamides is 1. The molecule has 0 fully saturated rings. The Kier molecular flexibility index (Phi) is 2.68. The monoisotopic (exact) mass is 220 g/mol. The lowest BCUT2D eigenvalue weighted by Crippen LogP contribution is -2.10. The number of nitrogens with one attached hydrogen (secondary N) is 1. The van der Waals surface area contributed by atoms with Gasteiger partial charge in [0.25, 0.3) is 0 Å². The summed E-state index contributed by atoms with van der Waals surface area (Å²) in [7, 11) is -3.29. The van der Waals surface area contributed by atoms with Gasteiger partial charge in [-0.3, -0.25) is 4.72 Å². The Labute approximate surface area is 81.8 Å². The average molecular weight is 221 g/mol. The van der Waals surface area contributed by atoms with Crippen LogP contribution < -0.4 is 10.5 Å². The van der Waals surface area contributed by atoms with Gasteiger partial charge in [0.1, 0.15) is 0 Å². The second-order valence-corrected chi connectivity index (χ2v) is 4.79. The molecule has 0 atom stereocenters. The van der Waals surface area contributed by atoms with Crippen LogP contribution in [0.25, 0.3) is 0 Å². The molecular formula is C7H9ClN2O2S. The summed E-state index contributed by atoms with van der Waals surface area (Å²) in [4.78, 5) is 0. The highest BCUT2D eigenvalue weighted by molar-refractivity contribution is 7.92. The van der Waals surface area contributed by atoms with E-state index in [1.807, 2.05) is 0 Å². The SMILES string of the molecule is CS(=O)(=O)Nc1ccc(Cl)cc1N. The summed E-state index contributed by atoms with van der Waals surface area (Å²) in [5.41, 5.74) is 6.16. The first-order valence-corrected chi connectivity index (χ1v) is 5.68. The van der Waals surface area contributed by atoms with Gasteiger partial charge < -0.3 is 5.73 Å². The predicted molar refractivity (Wildman–Crippen MR) is 54.3 cm³/mol. The van der Waals surface area contributed by atoms with E-state index in [2.05, 4.69) is 4.72 Å². The van der Waals surface area contributed by atoms with Gasteiger partial charge in [0.05, 0.1) is 17.6 Å². The molecule has 0 unspecified atom stereocenters. The predicted octanol–water partition coefficient (Wildman–Crippen LogP) is 1.29. The first-order chi connectivity index (χ1) is 5.88.